The molecule has 0 saturated heterocycles. The van der Waals surface area contributed by atoms with E-state index >= 15 is 0 Å². The molecule has 0 aliphatic heterocycles. The Labute approximate surface area is 83.0 Å². The minimum Gasteiger partial charge on any atom is -0.326 e. The number of carbonyl (C=O) groups excluding carboxylic acids is 1. The molecule has 4 heteroatoms. The van der Waals surface area contributed by atoms with E-state index in [0.717, 1.165) is 11.3 Å². The van der Waals surface area contributed by atoms with E-state index in [4.69, 9.17) is 5.90 Å². The summed E-state index contributed by atoms with van der Waals surface area (Å²) in [5, 5.41) is 2.69. The molecule has 0 radical (unpaired) electrons. The summed E-state index contributed by atoms with van der Waals surface area (Å²) in [7, 11) is 0. The molecule has 1 aromatic rings. The summed E-state index contributed by atoms with van der Waals surface area (Å²) in [6.07, 6.45) is -0.177. The molecular formula is C10H14N2O2. The van der Waals surface area contributed by atoms with Gasteiger partial charge in [-0.2, -0.15) is 0 Å². The van der Waals surface area contributed by atoms with E-state index in [1.54, 1.807) is 0 Å². The van der Waals surface area contributed by atoms with Crippen molar-refractivity contribution in [2.75, 3.05) is 5.32 Å². The molecule has 14 heavy (non-hydrogen) atoms. The van der Waals surface area contributed by atoms with Crippen LogP contribution in [0.1, 0.15) is 25.5 Å². The third kappa shape index (κ3) is 2.83. The van der Waals surface area contributed by atoms with Crippen molar-refractivity contribution in [1.82, 2.24) is 0 Å². The molecular weight excluding hydrogens is 180 g/mol. The predicted octanol–water partition coefficient (Wildman–Crippen LogP) is 1.60. The van der Waals surface area contributed by atoms with E-state index < -0.39 is 0 Å². The van der Waals surface area contributed by atoms with E-state index in [1.165, 1.54) is 6.92 Å². The molecule has 76 valence electrons. The number of carbonyl (C=O) groups is 1. The van der Waals surface area contributed by atoms with Gasteiger partial charge in [-0.05, 0) is 24.6 Å². The highest BCUT2D eigenvalue weighted by Crippen LogP contribution is 2.18. The molecule has 1 amide bonds. The van der Waals surface area contributed by atoms with Crippen molar-refractivity contribution in [3.8, 4) is 0 Å². The largest absolute Gasteiger partial charge is 0.326 e. The number of nitrogens with two attached hydrogens (primary N) is 1. The summed E-state index contributed by atoms with van der Waals surface area (Å²) in [5.41, 5.74) is 1.68. The van der Waals surface area contributed by atoms with Crippen LogP contribution in [0, 0.1) is 0 Å². The van der Waals surface area contributed by atoms with Crippen LogP contribution in [0.15, 0.2) is 24.3 Å². The molecule has 3 N–H and O–H groups in total. The molecule has 1 atom stereocenters. The van der Waals surface area contributed by atoms with Crippen molar-refractivity contribution in [3.63, 3.8) is 0 Å². The zero-order chi connectivity index (χ0) is 10.6. The Kier molecular flexibility index (Phi) is 3.62. The lowest BCUT2D eigenvalue weighted by Crippen LogP contribution is -2.08. The number of nitrogens with one attached hydrogen (secondary N) is 1. The van der Waals surface area contributed by atoms with Gasteiger partial charge in [-0.3, -0.25) is 9.63 Å². The van der Waals surface area contributed by atoms with Gasteiger partial charge in [0.2, 0.25) is 5.91 Å². The van der Waals surface area contributed by atoms with Crippen LogP contribution in [0.2, 0.25) is 0 Å². The molecule has 0 fully saturated rings. The van der Waals surface area contributed by atoms with Gasteiger partial charge in [-0.25, -0.2) is 5.90 Å². The molecule has 0 spiro atoms. The highest BCUT2D eigenvalue weighted by atomic mass is 16.6. The Bertz CT molecular complexity index is 326. The maximum Gasteiger partial charge on any atom is 0.221 e. The van der Waals surface area contributed by atoms with Crippen LogP contribution in [0.4, 0.5) is 5.69 Å². The zero-order valence-corrected chi connectivity index (χ0v) is 8.28. The van der Waals surface area contributed by atoms with Gasteiger partial charge in [0.05, 0.1) is 0 Å². The van der Waals surface area contributed by atoms with Crippen LogP contribution < -0.4 is 11.2 Å². The fourth-order valence-corrected chi connectivity index (χ4v) is 1.15. The van der Waals surface area contributed by atoms with Gasteiger partial charge in [0.25, 0.3) is 0 Å². The molecule has 0 aliphatic carbocycles. The maximum atomic E-state index is 10.8. The highest BCUT2D eigenvalue weighted by Gasteiger charge is 2.04. The third-order valence-electron chi connectivity index (χ3n) is 1.88. The van der Waals surface area contributed by atoms with E-state index in [9.17, 15) is 4.79 Å². The summed E-state index contributed by atoms with van der Waals surface area (Å²) in [5.74, 6) is 4.97. The van der Waals surface area contributed by atoms with Crippen LogP contribution >= 0.6 is 0 Å². The quantitative estimate of drug-likeness (QED) is 0.718. The van der Waals surface area contributed by atoms with Crippen molar-refractivity contribution in [3.05, 3.63) is 29.8 Å². The lowest BCUT2D eigenvalue weighted by Gasteiger charge is -2.10. The first-order valence-electron chi connectivity index (χ1n) is 4.36. The smallest absolute Gasteiger partial charge is 0.221 e. The van der Waals surface area contributed by atoms with Crippen molar-refractivity contribution in [1.29, 1.82) is 0 Å². The second-order valence-electron chi connectivity index (χ2n) is 3.08. The van der Waals surface area contributed by atoms with Crippen molar-refractivity contribution in [2.45, 2.75) is 20.0 Å². The van der Waals surface area contributed by atoms with Crippen LogP contribution in [0.25, 0.3) is 0 Å². The van der Waals surface area contributed by atoms with Crippen LogP contribution in [0.3, 0.4) is 0 Å². The van der Waals surface area contributed by atoms with E-state index in [0.29, 0.717) is 0 Å². The Morgan fingerprint density at radius 1 is 1.57 bits per heavy atom. The Morgan fingerprint density at radius 3 is 2.86 bits per heavy atom. The third-order valence-corrected chi connectivity index (χ3v) is 1.88. The second kappa shape index (κ2) is 4.74. The average Bonchev–Trinajstić information content (AvgIpc) is 2.16. The van der Waals surface area contributed by atoms with Crippen LogP contribution in [-0.2, 0) is 9.63 Å². The molecule has 0 bridgehead atoms. The van der Waals surface area contributed by atoms with Crippen molar-refractivity contribution in [2.24, 2.45) is 5.90 Å². The monoisotopic (exact) mass is 194 g/mol. The summed E-state index contributed by atoms with van der Waals surface area (Å²) in [4.78, 5) is 15.5. The lowest BCUT2D eigenvalue weighted by molar-refractivity contribution is -0.114. The molecule has 0 saturated carbocycles. The van der Waals surface area contributed by atoms with E-state index in [-0.39, 0.29) is 12.0 Å². The summed E-state index contributed by atoms with van der Waals surface area (Å²) < 4.78 is 0. The average molecular weight is 194 g/mol. The Balaban J connectivity index is 2.83. The highest BCUT2D eigenvalue weighted by molar-refractivity contribution is 5.88. The first-order valence-corrected chi connectivity index (χ1v) is 4.36. The number of hydrogen-bond acceptors (Lipinski definition) is 3. The molecule has 1 unspecified atom stereocenters. The SMILES string of the molecule is CC(=O)Nc1cccc(C(C)ON)c1. The van der Waals surface area contributed by atoms with Gasteiger partial charge in [-0.15, -0.1) is 0 Å². The Hall–Kier alpha value is -1.39. The first-order chi connectivity index (χ1) is 6.63. The topological polar surface area (TPSA) is 64.3 Å². The number of anilines is 1. The molecule has 1 rings (SSSR count). The summed E-state index contributed by atoms with van der Waals surface area (Å²) in [6.45, 7) is 3.31. The summed E-state index contributed by atoms with van der Waals surface area (Å²) >= 11 is 0. The number of amides is 1. The fraction of sp³-hybridized carbons (Fsp3) is 0.300. The van der Waals surface area contributed by atoms with Gasteiger partial charge >= 0.3 is 0 Å². The predicted molar refractivity (Wildman–Crippen MR) is 54.4 cm³/mol. The van der Waals surface area contributed by atoms with E-state index in [2.05, 4.69) is 10.2 Å². The van der Waals surface area contributed by atoms with Crippen LogP contribution in [-0.4, -0.2) is 5.91 Å². The zero-order valence-electron chi connectivity index (χ0n) is 8.28. The number of rotatable bonds is 3. The number of benzene rings is 1. The van der Waals surface area contributed by atoms with Crippen LogP contribution in [0.5, 0.6) is 0 Å². The van der Waals surface area contributed by atoms with E-state index in [1.807, 2.05) is 31.2 Å². The molecule has 0 aliphatic rings. The first kappa shape index (κ1) is 10.7. The molecule has 0 heterocycles. The summed E-state index contributed by atoms with van der Waals surface area (Å²) in [6, 6.07) is 7.38. The maximum absolute atomic E-state index is 10.8. The normalized spacial score (nSPS) is 12.2. The van der Waals surface area contributed by atoms with Gasteiger partial charge in [-0.1, -0.05) is 12.1 Å². The molecule has 1 aromatic carbocycles. The van der Waals surface area contributed by atoms with Crippen molar-refractivity contribution < 1.29 is 9.63 Å². The minimum atomic E-state index is -0.177. The standard InChI is InChI=1S/C10H14N2O2/c1-7(14-11)9-4-3-5-10(6-9)12-8(2)13/h3-7H,11H2,1-2H3,(H,12,13). The van der Waals surface area contributed by atoms with Crippen molar-refractivity contribution >= 4 is 11.6 Å². The molecule has 4 nitrogen and oxygen atoms in total. The lowest BCUT2D eigenvalue weighted by atomic mass is 10.1. The van der Waals surface area contributed by atoms with Gasteiger partial charge < -0.3 is 5.32 Å². The number of hydrogen-bond donors (Lipinski definition) is 2. The fourth-order valence-electron chi connectivity index (χ4n) is 1.15. The Morgan fingerprint density at radius 2 is 2.29 bits per heavy atom. The molecule has 0 aromatic heterocycles. The second-order valence-corrected chi connectivity index (χ2v) is 3.08. The van der Waals surface area contributed by atoms with Gasteiger partial charge in [0.1, 0.15) is 6.10 Å². The minimum absolute atomic E-state index is 0.0940. The van der Waals surface area contributed by atoms with Gasteiger partial charge in [0, 0.05) is 12.6 Å². The van der Waals surface area contributed by atoms with Gasteiger partial charge in [0.15, 0.2) is 0 Å².